The topological polar surface area (TPSA) is 63.7 Å². The summed E-state index contributed by atoms with van der Waals surface area (Å²) in [6, 6.07) is 6.98. The zero-order valence-corrected chi connectivity index (χ0v) is 13.2. The van der Waals surface area contributed by atoms with Crippen LogP contribution in [0.2, 0.25) is 0 Å². The number of Topliss-reactive ketones (excluding diaryl/α,β-unsaturated/α-hetero) is 1. The second-order valence-electron chi connectivity index (χ2n) is 5.35. The lowest BCUT2D eigenvalue weighted by Gasteiger charge is -2.22. The van der Waals surface area contributed by atoms with Gasteiger partial charge in [0.15, 0.2) is 15.6 Å². The number of ether oxygens (including phenoxy) is 1. The molecule has 0 saturated carbocycles. The van der Waals surface area contributed by atoms with E-state index >= 15 is 0 Å². The van der Waals surface area contributed by atoms with E-state index < -0.39 is 9.84 Å². The van der Waals surface area contributed by atoms with Crippen molar-refractivity contribution in [1.82, 2.24) is 4.90 Å². The van der Waals surface area contributed by atoms with Gasteiger partial charge < -0.3 is 4.74 Å². The van der Waals surface area contributed by atoms with Crippen LogP contribution in [0.4, 0.5) is 0 Å². The number of benzene rings is 1. The predicted molar refractivity (Wildman–Crippen MR) is 81.6 cm³/mol. The molecule has 5 nitrogen and oxygen atoms in total. The molecule has 1 aromatic carbocycles. The number of nitrogens with zero attached hydrogens (tertiary/aromatic N) is 1. The molecule has 1 atom stereocenters. The Kier molecular flexibility index (Phi) is 5.00. The lowest BCUT2D eigenvalue weighted by atomic mass is 10.1. The van der Waals surface area contributed by atoms with Gasteiger partial charge in [-0.3, -0.25) is 9.69 Å². The van der Waals surface area contributed by atoms with Crippen molar-refractivity contribution in [2.75, 3.05) is 31.7 Å². The molecule has 1 aliphatic heterocycles. The highest BCUT2D eigenvalue weighted by atomic mass is 32.2. The molecule has 0 N–H and O–H groups in total. The summed E-state index contributed by atoms with van der Waals surface area (Å²) in [5, 5.41) is 0. The molecule has 1 fully saturated rings. The third-order valence-corrected chi connectivity index (χ3v) is 5.46. The zero-order valence-electron chi connectivity index (χ0n) is 12.4. The van der Waals surface area contributed by atoms with Crippen LogP contribution in [0, 0.1) is 0 Å². The number of ketones is 1. The summed E-state index contributed by atoms with van der Waals surface area (Å²) in [5.41, 5.74) is 0.617. The van der Waals surface area contributed by atoms with Gasteiger partial charge in [0.2, 0.25) is 0 Å². The maximum atomic E-state index is 12.2. The van der Waals surface area contributed by atoms with E-state index in [-0.39, 0.29) is 29.9 Å². The highest BCUT2D eigenvalue weighted by Gasteiger charge is 2.31. The van der Waals surface area contributed by atoms with Crippen LogP contribution in [0.5, 0.6) is 5.75 Å². The van der Waals surface area contributed by atoms with Gasteiger partial charge in [-0.05, 0) is 44.7 Å². The third kappa shape index (κ3) is 4.28. The van der Waals surface area contributed by atoms with Gasteiger partial charge in [-0.2, -0.15) is 0 Å². The molecule has 0 bridgehead atoms. The van der Waals surface area contributed by atoms with E-state index in [1.807, 2.05) is 11.8 Å². The highest BCUT2D eigenvalue weighted by Crippen LogP contribution is 2.17. The molecule has 1 aromatic rings. The lowest BCUT2D eigenvalue weighted by Crippen LogP contribution is -2.36. The third-order valence-electron chi connectivity index (χ3n) is 3.71. The lowest BCUT2D eigenvalue weighted by molar-refractivity contribution is 0.0926. The van der Waals surface area contributed by atoms with Crippen molar-refractivity contribution in [3.8, 4) is 5.75 Å². The van der Waals surface area contributed by atoms with E-state index in [1.165, 1.54) is 0 Å². The van der Waals surface area contributed by atoms with Gasteiger partial charge in [0.1, 0.15) is 5.75 Å². The molecule has 1 saturated heterocycles. The first-order valence-corrected chi connectivity index (χ1v) is 8.90. The molecule has 2 rings (SSSR count). The molecular weight excluding hydrogens is 290 g/mol. The van der Waals surface area contributed by atoms with Crippen LogP contribution in [0.1, 0.15) is 23.7 Å². The first-order valence-electron chi connectivity index (χ1n) is 7.08. The predicted octanol–water partition coefficient (Wildman–Crippen LogP) is 1.39. The van der Waals surface area contributed by atoms with Crippen molar-refractivity contribution in [1.29, 1.82) is 0 Å². The molecule has 0 radical (unpaired) electrons. The smallest absolute Gasteiger partial charge is 0.176 e. The number of carbonyl (C=O) groups is 1. The number of carbonyl (C=O) groups excluding carboxylic acids is 1. The Morgan fingerprint density at radius 1 is 1.33 bits per heavy atom. The fraction of sp³-hybridized carbons (Fsp3) is 0.533. The molecule has 0 amide bonds. The average Bonchev–Trinajstić information content (AvgIpc) is 2.80. The molecule has 21 heavy (non-hydrogen) atoms. The van der Waals surface area contributed by atoms with Crippen molar-refractivity contribution in [2.24, 2.45) is 0 Å². The SMILES string of the molecule is CCOc1ccc(C(=O)CN(C)C2CCS(=O)(=O)C2)cc1. The van der Waals surface area contributed by atoms with Crippen molar-refractivity contribution in [3.05, 3.63) is 29.8 Å². The van der Waals surface area contributed by atoms with Gasteiger partial charge in [0, 0.05) is 11.6 Å². The first-order chi connectivity index (χ1) is 9.91. The Hall–Kier alpha value is -1.40. The summed E-state index contributed by atoms with van der Waals surface area (Å²) in [4.78, 5) is 14.0. The van der Waals surface area contributed by atoms with Crippen LogP contribution >= 0.6 is 0 Å². The Morgan fingerprint density at radius 2 is 2.00 bits per heavy atom. The average molecular weight is 311 g/mol. The Morgan fingerprint density at radius 3 is 2.52 bits per heavy atom. The van der Waals surface area contributed by atoms with Crippen molar-refractivity contribution >= 4 is 15.6 Å². The molecule has 1 aliphatic rings. The van der Waals surface area contributed by atoms with Crippen molar-refractivity contribution in [2.45, 2.75) is 19.4 Å². The Bertz CT molecular complexity index is 595. The minimum atomic E-state index is -2.92. The van der Waals surface area contributed by atoms with Crippen LogP contribution in [0.15, 0.2) is 24.3 Å². The van der Waals surface area contributed by atoms with Crippen LogP contribution in [0.25, 0.3) is 0 Å². The summed E-state index contributed by atoms with van der Waals surface area (Å²) in [6.45, 7) is 2.73. The van der Waals surface area contributed by atoms with Gasteiger partial charge in [0.25, 0.3) is 0 Å². The number of rotatable bonds is 6. The van der Waals surface area contributed by atoms with E-state index in [4.69, 9.17) is 4.74 Å². The maximum Gasteiger partial charge on any atom is 0.176 e. The van der Waals surface area contributed by atoms with Gasteiger partial charge in [-0.1, -0.05) is 0 Å². The van der Waals surface area contributed by atoms with Gasteiger partial charge in [-0.15, -0.1) is 0 Å². The zero-order chi connectivity index (χ0) is 15.5. The van der Waals surface area contributed by atoms with E-state index in [0.29, 0.717) is 18.6 Å². The molecule has 1 unspecified atom stereocenters. The quantitative estimate of drug-likeness (QED) is 0.743. The first kappa shape index (κ1) is 16.0. The molecule has 6 heteroatoms. The fourth-order valence-electron chi connectivity index (χ4n) is 2.47. The van der Waals surface area contributed by atoms with E-state index in [0.717, 1.165) is 5.75 Å². The molecule has 0 aromatic heterocycles. The highest BCUT2D eigenvalue weighted by molar-refractivity contribution is 7.91. The summed E-state index contributed by atoms with van der Waals surface area (Å²) < 4.78 is 28.3. The molecule has 0 aliphatic carbocycles. The summed E-state index contributed by atoms with van der Waals surface area (Å²) in [5.74, 6) is 1.10. The minimum Gasteiger partial charge on any atom is -0.494 e. The summed E-state index contributed by atoms with van der Waals surface area (Å²) in [7, 11) is -1.12. The Labute approximate surface area is 125 Å². The number of likely N-dealkylation sites (N-methyl/N-ethyl adjacent to an activating group) is 1. The summed E-state index contributed by atoms with van der Waals surface area (Å²) in [6.07, 6.45) is 0.607. The molecule has 1 heterocycles. The van der Waals surface area contributed by atoms with Crippen molar-refractivity contribution in [3.63, 3.8) is 0 Å². The number of hydrogen-bond donors (Lipinski definition) is 0. The fourth-order valence-corrected chi connectivity index (χ4v) is 4.28. The van der Waals surface area contributed by atoms with Crippen molar-refractivity contribution < 1.29 is 17.9 Å². The largest absolute Gasteiger partial charge is 0.494 e. The van der Waals surface area contributed by atoms with E-state index in [1.54, 1.807) is 31.3 Å². The Balaban J connectivity index is 1.94. The monoisotopic (exact) mass is 311 g/mol. The van der Waals surface area contributed by atoms with E-state index in [2.05, 4.69) is 0 Å². The molecule has 0 spiro atoms. The van der Waals surface area contributed by atoms with Crippen LogP contribution in [-0.2, 0) is 9.84 Å². The van der Waals surface area contributed by atoms with Gasteiger partial charge in [-0.25, -0.2) is 8.42 Å². The molecular formula is C15H21NO4S. The number of sulfone groups is 1. The summed E-state index contributed by atoms with van der Waals surface area (Å²) >= 11 is 0. The molecule has 116 valence electrons. The van der Waals surface area contributed by atoms with Crippen LogP contribution in [-0.4, -0.2) is 56.8 Å². The standard InChI is InChI=1S/C15H21NO4S/c1-3-20-14-6-4-12(5-7-14)15(17)10-16(2)13-8-9-21(18,19)11-13/h4-7,13H,3,8-11H2,1-2H3. The second-order valence-corrected chi connectivity index (χ2v) is 7.58. The van der Waals surface area contributed by atoms with Gasteiger partial charge in [0.05, 0.1) is 24.7 Å². The van der Waals surface area contributed by atoms with Crippen LogP contribution < -0.4 is 4.74 Å². The number of hydrogen-bond acceptors (Lipinski definition) is 5. The second kappa shape index (κ2) is 6.58. The van der Waals surface area contributed by atoms with Crippen LogP contribution in [0.3, 0.4) is 0 Å². The maximum absolute atomic E-state index is 12.2. The van der Waals surface area contributed by atoms with Gasteiger partial charge >= 0.3 is 0 Å². The normalized spacial score (nSPS) is 20.6. The van der Waals surface area contributed by atoms with E-state index in [9.17, 15) is 13.2 Å². The minimum absolute atomic E-state index is 0.00940.